The van der Waals surface area contributed by atoms with Crippen molar-refractivity contribution in [3.8, 4) is 0 Å². The van der Waals surface area contributed by atoms with Gasteiger partial charge in [-0.2, -0.15) is 13.2 Å². The topological polar surface area (TPSA) is 17.1 Å². The number of rotatable bonds is 2. The molecule has 0 spiro atoms. The first-order valence-corrected chi connectivity index (χ1v) is 4.74. The molecule has 0 amide bonds. The van der Waals surface area contributed by atoms with Crippen molar-refractivity contribution in [1.29, 1.82) is 0 Å². The van der Waals surface area contributed by atoms with Crippen LogP contribution < -0.4 is 0 Å². The summed E-state index contributed by atoms with van der Waals surface area (Å²) in [6, 6.07) is 2.41. The Balaban J connectivity index is 3.13. The lowest BCUT2D eigenvalue weighted by Crippen LogP contribution is -2.02. The van der Waals surface area contributed by atoms with Gasteiger partial charge >= 0.3 is 5.51 Å². The van der Waals surface area contributed by atoms with E-state index in [0.29, 0.717) is 6.07 Å². The molecule has 15 heavy (non-hydrogen) atoms. The highest BCUT2D eigenvalue weighted by Crippen LogP contribution is 2.39. The maximum absolute atomic E-state index is 12.7. The molecule has 0 aliphatic rings. The molecule has 0 N–H and O–H groups in total. The van der Waals surface area contributed by atoms with E-state index in [0.717, 1.165) is 12.1 Å². The van der Waals surface area contributed by atoms with Crippen molar-refractivity contribution in [2.45, 2.75) is 10.4 Å². The fourth-order valence-corrected chi connectivity index (χ4v) is 1.78. The van der Waals surface area contributed by atoms with Gasteiger partial charge in [0.25, 0.3) is 5.24 Å². The smallest absolute Gasteiger partial charge is 0.276 e. The molecule has 0 heterocycles. The molecule has 7 heteroatoms. The van der Waals surface area contributed by atoms with Crippen molar-refractivity contribution >= 4 is 28.6 Å². The number of thioether (sulfide) groups is 1. The molecule has 0 bridgehead atoms. The number of benzene rings is 1. The van der Waals surface area contributed by atoms with Gasteiger partial charge < -0.3 is 0 Å². The van der Waals surface area contributed by atoms with E-state index >= 15 is 0 Å². The van der Waals surface area contributed by atoms with Crippen LogP contribution >= 0.6 is 23.4 Å². The van der Waals surface area contributed by atoms with Crippen LogP contribution in [0.1, 0.15) is 10.4 Å². The maximum Gasteiger partial charge on any atom is 0.446 e. The van der Waals surface area contributed by atoms with Crippen molar-refractivity contribution < 1.29 is 22.4 Å². The van der Waals surface area contributed by atoms with E-state index in [9.17, 15) is 22.4 Å². The molecule has 0 aliphatic carbocycles. The van der Waals surface area contributed by atoms with E-state index in [1.54, 1.807) is 0 Å². The number of alkyl halides is 3. The van der Waals surface area contributed by atoms with Gasteiger partial charge in [0.2, 0.25) is 0 Å². The van der Waals surface area contributed by atoms with Gasteiger partial charge in [0.15, 0.2) is 0 Å². The highest BCUT2D eigenvalue weighted by atomic mass is 35.5. The van der Waals surface area contributed by atoms with Gasteiger partial charge in [-0.3, -0.25) is 4.79 Å². The van der Waals surface area contributed by atoms with Gasteiger partial charge in [-0.1, -0.05) is 0 Å². The third kappa shape index (κ3) is 3.71. The highest BCUT2D eigenvalue weighted by molar-refractivity contribution is 8.00. The Morgan fingerprint density at radius 2 is 1.93 bits per heavy atom. The number of halogens is 5. The summed E-state index contributed by atoms with van der Waals surface area (Å²) >= 11 is 4.47. The minimum Gasteiger partial charge on any atom is -0.276 e. The second-order valence-electron chi connectivity index (χ2n) is 2.46. The fourth-order valence-electron chi connectivity index (χ4n) is 0.868. The molecule has 0 aliphatic heterocycles. The Kier molecular flexibility index (Phi) is 3.62. The maximum atomic E-state index is 12.7. The molecule has 1 aromatic carbocycles. The van der Waals surface area contributed by atoms with Gasteiger partial charge in [0, 0.05) is 10.5 Å². The first-order chi connectivity index (χ1) is 6.79. The fraction of sp³-hybridized carbons (Fsp3) is 0.125. The molecule has 0 radical (unpaired) electrons. The van der Waals surface area contributed by atoms with Gasteiger partial charge in [-0.05, 0) is 41.6 Å². The van der Waals surface area contributed by atoms with Gasteiger partial charge in [-0.15, -0.1) is 0 Å². The molecular formula is C8H3ClF4OS. The highest BCUT2D eigenvalue weighted by Gasteiger charge is 2.31. The summed E-state index contributed by atoms with van der Waals surface area (Å²) in [6.45, 7) is 0. The van der Waals surface area contributed by atoms with Crippen LogP contribution in [-0.2, 0) is 0 Å². The quantitative estimate of drug-likeness (QED) is 0.456. The van der Waals surface area contributed by atoms with Crippen LogP contribution in [0.25, 0.3) is 0 Å². The van der Waals surface area contributed by atoms with E-state index in [4.69, 9.17) is 11.6 Å². The zero-order chi connectivity index (χ0) is 11.6. The average Bonchev–Trinajstić information content (AvgIpc) is 1.99. The standard InChI is InChI=1S/C8H3ClF4OS/c9-7(14)5-2-1-4(10)3-6(5)15-8(11,12)13/h1-3H. The lowest BCUT2D eigenvalue weighted by Gasteiger charge is -2.08. The molecule has 0 atom stereocenters. The third-order valence-corrected chi connectivity index (χ3v) is 2.37. The first kappa shape index (κ1) is 12.3. The molecule has 0 aromatic heterocycles. The Morgan fingerprint density at radius 1 is 1.33 bits per heavy atom. The Hall–Kier alpha value is -0.750. The van der Waals surface area contributed by atoms with Crippen LogP contribution in [-0.4, -0.2) is 10.8 Å². The van der Waals surface area contributed by atoms with Crippen molar-refractivity contribution in [1.82, 2.24) is 0 Å². The zero-order valence-corrected chi connectivity index (χ0v) is 8.51. The van der Waals surface area contributed by atoms with Gasteiger partial charge in [0.1, 0.15) is 5.82 Å². The first-order valence-electron chi connectivity index (χ1n) is 3.55. The lowest BCUT2D eigenvalue weighted by molar-refractivity contribution is -0.0328. The van der Waals surface area contributed by atoms with E-state index in [1.165, 1.54) is 0 Å². The van der Waals surface area contributed by atoms with Gasteiger partial charge in [-0.25, -0.2) is 4.39 Å². The summed E-state index contributed by atoms with van der Waals surface area (Å²) in [5, 5.41) is -1.05. The largest absolute Gasteiger partial charge is 0.446 e. The third-order valence-electron chi connectivity index (χ3n) is 1.38. The monoisotopic (exact) mass is 258 g/mol. The van der Waals surface area contributed by atoms with Gasteiger partial charge in [0.05, 0.1) is 0 Å². The van der Waals surface area contributed by atoms with Crippen molar-refractivity contribution in [2.75, 3.05) is 0 Å². The Bertz CT molecular complexity index is 391. The molecule has 82 valence electrons. The summed E-state index contributed by atoms with van der Waals surface area (Å²) in [7, 11) is 0. The number of hydrogen-bond donors (Lipinski definition) is 0. The number of carbonyl (C=O) groups is 1. The van der Waals surface area contributed by atoms with Crippen LogP contribution in [0.3, 0.4) is 0 Å². The van der Waals surface area contributed by atoms with Crippen molar-refractivity contribution in [3.05, 3.63) is 29.6 Å². The predicted molar refractivity (Wildman–Crippen MR) is 48.5 cm³/mol. The summed E-state index contributed by atoms with van der Waals surface area (Å²) in [6.07, 6.45) is 0. The normalized spacial score (nSPS) is 11.5. The molecule has 0 fully saturated rings. The second kappa shape index (κ2) is 4.40. The SMILES string of the molecule is O=C(Cl)c1ccc(F)cc1SC(F)(F)F. The van der Waals surface area contributed by atoms with Crippen LogP contribution in [0.4, 0.5) is 17.6 Å². The van der Waals surface area contributed by atoms with E-state index in [-0.39, 0.29) is 5.56 Å². The summed E-state index contributed by atoms with van der Waals surface area (Å²) < 4.78 is 48.7. The van der Waals surface area contributed by atoms with Crippen molar-refractivity contribution in [2.24, 2.45) is 0 Å². The van der Waals surface area contributed by atoms with Crippen LogP contribution in [0.15, 0.2) is 23.1 Å². The molecule has 0 unspecified atom stereocenters. The predicted octanol–water partition coefficient (Wildman–Crippen LogP) is 3.82. The molecule has 1 rings (SSSR count). The van der Waals surface area contributed by atoms with Crippen LogP contribution in [0.2, 0.25) is 0 Å². The van der Waals surface area contributed by atoms with Crippen molar-refractivity contribution in [3.63, 3.8) is 0 Å². The van der Waals surface area contributed by atoms with Crippen LogP contribution in [0, 0.1) is 5.82 Å². The Labute approximate surface area is 91.4 Å². The molecular weight excluding hydrogens is 256 g/mol. The number of carbonyl (C=O) groups excluding carboxylic acids is 1. The minimum atomic E-state index is -4.59. The average molecular weight is 259 g/mol. The second-order valence-corrected chi connectivity index (χ2v) is 3.91. The molecule has 0 saturated carbocycles. The van der Waals surface area contributed by atoms with E-state index in [1.807, 2.05) is 0 Å². The summed E-state index contributed by atoms with van der Waals surface area (Å²) in [4.78, 5) is 10.2. The summed E-state index contributed by atoms with van der Waals surface area (Å²) in [5.41, 5.74) is -4.95. The number of hydrogen-bond acceptors (Lipinski definition) is 2. The van der Waals surface area contributed by atoms with Crippen LogP contribution in [0.5, 0.6) is 0 Å². The molecule has 0 saturated heterocycles. The summed E-state index contributed by atoms with van der Waals surface area (Å²) in [5.74, 6) is -0.858. The Morgan fingerprint density at radius 3 is 2.40 bits per heavy atom. The molecule has 1 aromatic rings. The molecule has 1 nitrogen and oxygen atoms in total. The zero-order valence-electron chi connectivity index (χ0n) is 6.94. The van der Waals surface area contributed by atoms with E-state index < -0.39 is 33.2 Å². The van der Waals surface area contributed by atoms with E-state index in [2.05, 4.69) is 0 Å². The minimum absolute atomic E-state index is 0.361. The lowest BCUT2D eigenvalue weighted by atomic mass is 10.2.